The number of nitrogen functional groups attached to an aromatic ring is 1. The number of piperidine rings is 1. The molecule has 42 heavy (non-hydrogen) atoms. The highest BCUT2D eigenvalue weighted by Gasteiger charge is 2.21. The lowest BCUT2D eigenvalue weighted by Gasteiger charge is -2.33. The molecule has 0 spiro atoms. The van der Waals surface area contributed by atoms with Gasteiger partial charge in [-0.2, -0.15) is 0 Å². The van der Waals surface area contributed by atoms with Crippen molar-refractivity contribution in [2.75, 3.05) is 36.5 Å². The minimum absolute atomic E-state index is 0. The van der Waals surface area contributed by atoms with Crippen LogP contribution >= 0.6 is 12.4 Å². The molecule has 0 atom stereocenters. The molecule has 0 unspecified atom stereocenters. The molecule has 0 aliphatic carbocycles. The van der Waals surface area contributed by atoms with E-state index in [1.54, 1.807) is 36.4 Å². The van der Waals surface area contributed by atoms with Crippen LogP contribution in [0.4, 0.5) is 11.4 Å². The minimum Gasteiger partial charge on any atom is -0.482 e. The van der Waals surface area contributed by atoms with Gasteiger partial charge in [-0.25, -0.2) is 4.79 Å². The lowest BCUT2D eigenvalue weighted by molar-refractivity contribution is -0.139. The van der Waals surface area contributed by atoms with E-state index >= 15 is 0 Å². The second kappa shape index (κ2) is 14.9. The predicted octanol–water partition coefficient (Wildman–Crippen LogP) is 4.68. The average molecular weight is 593 g/mol. The first-order chi connectivity index (χ1) is 19.7. The Morgan fingerprint density at radius 1 is 1.05 bits per heavy atom. The maximum absolute atomic E-state index is 13.2. The molecule has 1 amide bonds. The summed E-state index contributed by atoms with van der Waals surface area (Å²) in [5.74, 6) is 0.132. The van der Waals surface area contributed by atoms with Gasteiger partial charge in [-0.3, -0.25) is 15.6 Å². The number of amidine groups is 2. The van der Waals surface area contributed by atoms with Crippen LogP contribution in [0, 0.1) is 10.8 Å². The molecular weight excluding hydrogens is 556 g/mol. The number of carboxylic acid groups (broad SMARTS) is 1. The molecule has 1 saturated heterocycles. The fraction of sp³-hybridized carbons (Fsp3) is 0.290. The van der Waals surface area contributed by atoms with Crippen LogP contribution < -0.4 is 20.7 Å². The van der Waals surface area contributed by atoms with Gasteiger partial charge in [0.2, 0.25) is 5.91 Å². The molecule has 0 aromatic heterocycles. The van der Waals surface area contributed by atoms with E-state index < -0.39 is 12.6 Å². The van der Waals surface area contributed by atoms with Crippen LogP contribution in [0.5, 0.6) is 5.75 Å². The Bertz CT molecular complexity index is 1410. The van der Waals surface area contributed by atoms with Crippen LogP contribution in [0.15, 0.2) is 72.8 Å². The number of nitrogens with one attached hydrogen (secondary N) is 3. The van der Waals surface area contributed by atoms with Crippen LogP contribution in [0.3, 0.4) is 0 Å². The molecule has 11 heteroatoms. The number of anilines is 2. The standard InChI is InChI=1S/C31H36N6O4.ClH/c1-21(32)36-14-12-24(13-15-36)23-8-10-26(11-9-23)35-29(38)19-37(27-6-3-5-25(17-27)31(33)34)18-22-4-2-7-28(16-22)41-20-30(39)40;/h2-11,16-17,24,32H,12-15,18-20H2,1H3,(H3,33,34)(H,35,38)(H,39,40);1H. The first-order valence-corrected chi connectivity index (χ1v) is 13.5. The topological polar surface area (TPSA) is 156 Å². The summed E-state index contributed by atoms with van der Waals surface area (Å²) in [6.45, 7) is 3.52. The lowest BCUT2D eigenvalue weighted by Crippen LogP contribution is -2.36. The molecule has 3 aromatic rings. The summed E-state index contributed by atoms with van der Waals surface area (Å²) in [5.41, 5.74) is 9.73. The van der Waals surface area contributed by atoms with Crippen LogP contribution in [0.2, 0.25) is 0 Å². The van der Waals surface area contributed by atoms with Crippen molar-refractivity contribution in [3.63, 3.8) is 0 Å². The monoisotopic (exact) mass is 592 g/mol. The summed E-state index contributed by atoms with van der Waals surface area (Å²) in [6, 6.07) is 22.2. The number of aliphatic carboxylic acids is 1. The molecule has 10 nitrogen and oxygen atoms in total. The molecule has 1 aliphatic rings. The van der Waals surface area contributed by atoms with Crippen molar-refractivity contribution < 1.29 is 19.4 Å². The third-order valence-electron chi connectivity index (χ3n) is 7.13. The van der Waals surface area contributed by atoms with Crippen molar-refractivity contribution in [1.29, 1.82) is 10.8 Å². The third kappa shape index (κ3) is 8.97. The summed E-state index contributed by atoms with van der Waals surface area (Å²) in [4.78, 5) is 28.1. The van der Waals surface area contributed by atoms with Crippen molar-refractivity contribution >= 4 is 47.3 Å². The third-order valence-corrected chi connectivity index (χ3v) is 7.13. The van der Waals surface area contributed by atoms with Crippen LogP contribution in [-0.4, -0.2) is 59.8 Å². The number of nitrogens with zero attached hydrogens (tertiary/aromatic N) is 2. The Balaban J connectivity index is 0.00000484. The molecule has 222 valence electrons. The summed E-state index contributed by atoms with van der Waals surface area (Å²) in [5, 5.41) is 27.6. The van der Waals surface area contributed by atoms with E-state index in [-0.39, 0.29) is 30.7 Å². The number of amides is 1. The SMILES string of the molecule is CC(=N)N1CCC(c2ccc(NC(=O)CN(Cc3cccc(OCC(=O)O)c3)c3cccc(C(=N)N)c3)cc2)CC1.Cl. The van der Waals surface area contributed by atoms with Gasteiger partial charge in [0, 0.05) is 36.6 Å². The van der Waals surface area contributed by atoms with Gasteiger partial charge in [-0.05, 0) is 73.2 Å². The molecule has 1 heterocycles. The zero-order valence-corrected chi connectivity index (χ0v) is 24.3. The first kappa shape index (κ1) is 32.0. The van der Waals surface area contributed by atoms with Crippen LogP contribution in [0.25, 0.3) is 0 Å². The summed E-state index contributed by atoms with van der Waals surface area (Å²) in [7, 11) is 0. The number of carbonyl (C=O) groups is 2. The Morgan fingerprint density at radius 3 is 2.38 bits per heavy atom. The fourth-order valence-corrected chi connectivity index (χ4v) is 4.97. The van der Waals surface area contributed by atoms with Gasteiger partial charge in [0.05, 0.1) is 12.4 Å². The quantitative estimate of drug-likeness (QED) is 0.160. The van der Waals surface area contributed by atoms with E-state index in [9.17, 15) is 9.59 Å². The smallest absolute Gasteiger partial charge is 0.341 e. The molecule has 4 rings (SSSR count). The highest BCUT2D eigenvalue weighted by molar-refractivity contribution is 5.97. The zero-order chi connectivity index (χ0) is 29.4. The number of rotatable bonds is 11. The number of carboxylic acids is 1. The largest absolute Gasteiger partial charge is 0.482 e. The van der Waals surface area contributed by atoms with Crippen LogP contribution in [0.1, 0.15) is 42.4 Å². The van der Waals surface area contributed by atoms with Gasteiger partial charge >= 0.3 is 5.97 Å². The van der Waals surface area contributed by atoms with Crippen molar-refractivity contribution in [3.8, 4) is 5.75 Å². The average Bonchev–Trinajstić information content (AvgIpc) is 2.96. The predicted molar refractivity (Wildman–Crippen MR) is 167 cm³/mol. The van der Waals surface area contributed by atoms with Gasteiger partial charge in [0.25, 0.3) is 0 Å². The first-order valence-electron chi connectivity index (χ1n) is 13.5. The van der Waals surface area contributed by atoms with Gasteiger partial charge < -0.3 is 30.7 Å². The van der Waals surface area contributed by atoms with E-state index in [4.69, 9.17) is 26.4 Å². The summed E-state index contributed by atoms with van der Waals surface area (Å²) >= 11 is 0. The molecule has 1 aliphatic heterocycles. The highest BCUT2D eigenvalue weighted by Crippen LogP contribution is 2.29. The van der Waals surface area contributed by atoms with Crippen LogP contribution in [-0.2, 0) is 16.1 Å². The number of halogens is 1. The molecule has 0 radical (unpaired) electrons. The van der Waals surface area contributed by atoms with Gasteiger partial charge in [-0.1, -0.05) is 36.4 Å². The number of benzene rings is 3. The summed E-state index contributed by atoms with van der Waals surface area (Å²) < 4.78 is 5.32. The van der Waals surface area contributed by atoms with E-state index in [1.807, 2.05) is 36.1 Å². The summed E-state index contributed by atoms with van der Waals surface area (Å²) in [6.07, 6.45) is 2.00. The van der Waals surface area contributed by atoms with E-state index in [1.165, 1.54) is 5.56 Å². The Kier molecular flexibility index (Phi) is 11.3. The number of carbonyl (C=O) groups excluding carboxylic acids is 1. The number of likely N-dealkylation sites (tertiary alicyclic amines) is 1. The van der Waals surface area contributed by atoms with Crippen molar-refractivity contribution in [3.05, 3.63) is 89.5 Å². The number of ether oxygens (including phenoxy) is 1. The normalized spacial score (nSPS) is 13.0. The second-order valence-electron chi connectivity index (χ2n) is 10.2. The molecule has 0 bridgehead atoms. The Hall–Kier alpha value is -4.57. The molecular formula is C31H37ClN6O4. The second-order valence-corrected chi connectivity index (χ2v) is 10.2. The number of hydrogen-bond donors (Lipinski definition) is 5. The molecule has 1 fully saturated rings. The minimum atomic E-state index is -1.06. The maximum atomic E-state index is 13.2. The van der Waals surface area contributed by atoms with E-state index in [0.717, 1.165) is 31.5 Å². The maximum Gasteiger partial charge on any atom is 0.341 e. The molecule has 3 aromatic carbocycles. The van der Waals surface area contributed by atoms with E-state index in [2.05, 4.69) is 22.3 Å². The van der Waals surface area contributed by atoms with Gasteiger partial charge in [0.15, 0.2) is 6.61 Å². The van der Waals surface area contributed by atoms with Gasteiger partial charge in [0.1, 0.15) is 11.6 Å². The molecule has 6 N–H and O–H groups in total. The number of hydrogen-bond acceptors (Lipinski definition) is 6. The van der Waals surface area contributed by atoms with E-state index in [0.29, 0.717) is 41.0 Å². The highest BCUT2D eigenvalue weighted by atomic mass is 35.5. The Morgan fingerprint density at radius 2 is 1.74 bits per heavy atom. The van der Waals surface area contributed by atoms with Crippen molar-refractivity contribution in [2.24, 2.45) is 5.73 Å². The van der Waals surface area contributed by atoms with Crippen molar-refractivity contribution in [1.82, 2.24) is 4.90 Å². The van der Waals surface area contributed by atoms with Gasteiger partial charge in [-0.15, -0.1) is 12.4 Å². The Labute approximate surface area is 251 Å². The molecule has 0 saturated carbocycles. The van der Waals surface area contributed by atoms with Crippen molar-refractivity contribution in [2.45, 2.75) is 32.2 Å². The lowest BCUT2D eigenvalue weighted by atomic mass is 9.89. The number of nitrogens with two attached hydrogens (primary N) is 1. The zero-order valence-electron chi connectivity index (χ0n) is 23.5. The fourth-order valence-electron chi connectivity index (χ4n) is 4.97.